The smallest absolute Gasteiger partial charge is 0.272 e. The van der Waals surface area contributed by atoms with Crippen molar-refractivity contribution < 1.29 is 9.59 Å². The average Bonchev–Trinajstić information content (AvgIpc) is 3.15. The van der Waals surface area contributed by atoms with E-state index in [-0.39, 0.29) is 17.5 Å². The van der Waals surface area contributed by atoms with Gasteiger partial charge in [-0.2, -0.15) is 0 Å². The van der Waals surface area contributed by atoms with E-state index in [2.05, 4.69) is 26.6 Å². The Morgan fingerprint density at radius 2 is 1.77 bits per heavy atom. The highest BCUT2D eigenvalue weighted by molar-refractivity contribution is 9.10. The summed E-state index contributed by atoms with van der Waals surface area (Å²) in [5.74, 6) is -0.724. The monoisotopic (exact) mass is 426 g/mol. The normalized spacial score (nSPS) is 11.0. The fourth-order valence-corrected chi connectivity index (χ4v) is 3.28. The van der Waals surface area contributed by atoms with Crippen LogP contribution in [0, 0.1) is 0 Å². The van der Waals surface area contributed by atoms with Gasteiger partial charge in [-0.15, -0.1) is 11.3 Å². The zero-order valence-corrected chi connectivity index (χ0v) is 16.0. The molecule has 2 amide bonds. The maximum Gasteiger partial charge on any atom is 0.272 e. The summed E-state index contributed by atoms with van der Waals surface area (Å²) in [6, 6.07) is 19.8. The van der Waals surface area contributed by atoms with Crippen molar-refractivity contribution in [2.45, 2.75) is 0 Å². The number of nitrogens with one attached hydrogen (secondary N) is 2. The topological polar surface area (TPSA) is 58.2 Å². The molecule has 0 saturated heterocycles. The quantitative estimate of drug-likeness (QED) is 0.568. The SMILES string of the molecule is O=C(Nc1cccc(Br)c1)/C(=C/c1cccs1)NC(=O)c1ccccc1. The van der Waals surface area contributed by atoms with Gasteiger partial charge in [0.2, 0.25) is 0 Å². The molecule has 0 aliphatic carbocycles. The van der Waals surface area contributed by atoms with Crippen molar-refractivity contribution in [2.24, 2.45) is 0 Å². The Hall–Kier alpha value is -2.70. The molecule has 0 saturated carbocycles. The number of benzene rings is 2. The van der Waals surface area contributed by atoms with Gasteiger partial charge < -0.3 is 10.6 Å². The van der Waals surface area contributed by atoms with Gasteiger partial charge in [0, 0.05) is 20.6 Å². The Morgan fingerprint density at radius 3 is 2.46 bits per heavy atom. The second kappa shape index (κ2) is 8.60. The minimum Gasteiger partial charge on any atom is -0.321 e. The summed E-state index contributed by atoms with van der Waals surface area (Å²) < 4.78 is 0.854. The van der Waals surface area contributed by atoms with Crippen molar-refractivity contribution in [3.63, 3.8) is 0 Å². The Labute approximate surface area is 163 Å². The van der Waals surface area contributed by atoms with Gasteiger partial charge in [-0.25, -0.2) is 0 Å². The van der Waals surface area contributed by atoms with Crippen LogP contribution in [-0.4, -0.2) is 11.8 Å². The van der Waals surface area contributed by atoms with Crippen molar-refractivity contribution >= 4 is 50.8 Å². The minimum atomic E-state index is -0.388. The first-order valence-corrected chi connectivity index (χ1v) is 9.47. The van der Waals surface area contributed by atoms with E-state index in [4.69, 9.17) is 0 Å². The van der Waals surface area contributed by atoms with Crippen molar-refractivity contribution in [3.8, 4) is 0 Å². The first-order valence-electron chi connectivity index (χ1n) is 7.80. The van der Waals surface area contributed by atoms with Crippen LogP contribution in [0.25, 0.3) is 6.08 Å². The summed E-state index contributed by atoms with van der Waals surface area (Å²) in [7, 11) is 0. The molecule has 6 heteroatoms. The van der Waals surface area contributed by atoms with Crippen LogP contribution in [-0.2, 0) is 4.79 Å². The number of anilines is 1. The van der Waals surface area contributed by atoms with Crippen LogP contribution in [0.5, 0.6) is 0 Å². The van der Waals surface area contributed by atoms with E-state index in [1.807, 2.05) is 35.7 Å². The molecule has 3 aromatic rings. The van der Waals surface area contributed by atoms with Crippen LogP contribution in [0.2, 0.25) is 0 Å². The van der Waals surface area contributed by atoms with Gasteiger partial charge in [-0.3, -0.25) is 9.59 Å². The molecule has 26 heavy (non-hydrogen) atoms. The summed E-state index contributed by atoms with van der Waals surface area (Å²) in [6.07, 6.45) is 1.67. The molecular formula is C20H15BrN2O2S. The van der Waals surface area contributed by atoms with Crippen molar-refractivity contribution in [1.82, 2.24) is 5.32 Å². The van der Waals surface area contributed by atoms with Crippen LogP contribution in [0.3, 0.4) is 0 Å². The highest BCUT2D eigenvalue weighted by Crippen LogP contribution is 2.18. The van der Waals surface area contributed by atoms with Crippen LogP contribution >= 0.6 is 27.3 Å². The molecular weight excluding hydrogens is 412 g/mol. The van der Waals surface area contributed by atoms with Crippen molar-refractivity contribution in [3.05, 3.63) is 92.7 Å². The first-order chi connectivity index (χ1) is 12.6. The number of rotatable bonds is 5. The number of carbonyl (C=O) groups is 2. The standard InChI is InChI=1S/C20H15BrN2O2S/c21-15-8-4-9-16(12-15)22-20(25)18(13-17-10-5-11-26-17)23-19(24)14-6-2-1-3-7-14/h1-13H,(H,22,25)(H,23,24)/b18-13-. The van der Waals surface area contributed by atoms with E-state index in [9.17, 15) is 9.59 Å². The van der Waals surface area contributed by atoms with Gasteiger partial charge in [0.1, 0.15) is 5.70 Å². The lowest BCUT2D eigenvalue weighted by molar-refractivity contribution is -0.113. The molecule has 2 aromatic carbocycles. The maximum absolute atomic E-state index is 12.7. The molecule has 3 rings (SSSR count). The number of carbonyl (C=O) groups excluding carboxylic acids is 2. The van der Waals surface area contributed by atoms with Gasteiger partial charge in [0.25, 0.3) is 11.8 Å². The highest BCUT2D eigenvalue weighted by Gasteiger charge is 2.15. The molecule has 2 N–H and O–H groups in total. The summed E-state index contributed by atoms with van der Waals surface area (Å²) in [5, 5.41) is 7.43. The predicted octanol–water partition coefficient (Wildman–Crippen LogP) is 4.92. The Kier molecular flexibility index (Phi) is 5.99. The summed E-state index contributed by atoms with van der Waals surface area (Å²) in [6.45, 7) is 0. The van der Waals surface area contributed by atoms with E-state index in [1.54, 1.807) is 42.5 Å². The first kappa shape index (κ1) is 18.1. The summed E-state index contributed by atoms with van der Waals surface area (Å²) in [4.78, 5) is 26.0. The molecule has 0 aliphatic heterocycles. The Balaban J connectivity index is 1.83. The molecule has 4 nitrogen and oxygen atoms in total. The molecule has 0 unspecified atom stereocenters. The summed E-state index contributed by atoms with van der Waals surface area (Å²) >= 11 is 4.86. The highest BCUT2D eigenvalue weighted by atomic mass is 79.9. The molecule has 0 radical (unpaired) electrons. The van der Waals surface area contributed by atoms with Crippen molar-refractivity contribution in [2.75, 3.05) is 5.32 Å². The lowest BCUT2D eigenvalue weighted by atomic mass is 10.2. The second-order valence-electron chi connectivity index (χ2n) is 5.36. The largest absolute Gasteiger partial charge is 0.321 e. The zero-order valence-electron chi connectivity index (χ0n) is 13.6. The fourth-order valence-electron chi connectivity index (χ4n) is 2.22. The number of hydrogen-bond donors (Lipinski definition) is 2. The molecule has 1 aromatic heterocycles. The van der Waals surface area contributed by atoms with E-state index < -0.39 is 0 Å². The Morgan fingerprint density at radius 1 is 0.962 bits per heavy atom. The second-order valence-corrected chi connectivity index (χ2v) is 7.25. The van der Waals surface area contributed by atoms with Gasteiger partial charge in [-0.1, -0.05) is 46.3 Å². The number of hydrogen-bond acceptors (Lipinski definition) is 3. The molecule has 1 heterocycles. The maximum atomic E-state index is 12.7. The van der Waals surface area contributed by atoms with Gasteiger partial charge >= 0.3 is 0 Å². The lowest BCUT2D eigenvalue weighted by Crippen LogP contribution is -2.30. The molecule has 0 atom stereocenters. The number of thiophene rings is 1. The summed E-state index contributed by atoms with van der Waals surface area (Å²) in [5.41, 5.74) is 1.30. The lowest BCUT2D eigenvalue weighted by Gasteiger charge is -2.11. The Bertz CT molecular complexity index is 937. The van der Waals surface area contributed by atoms with Gasteiger partial charge in [0.15, 0.2) is 0 Å². The molecule has 0 spiro atoms. The van der Waals surface area contributed by atoms with Gasteiger partial charge in [0.05, 0.1) is 0 Å². The van der Waals surface area contributed by atoms with E-state index in [0.717, 1.165) is 9.35 Å². The molecule has 0 bridgehead atoms. The van der Waals surface area contributed by atoms with Crippen molar-refractivity contribution in [1.29, 1.82) is 0 Å². The van der Waals surface area contributed by atoms with Gasteiger partial charge in [-0.05, 0) is 47.9 Å². The van der Waals surface area contributed by atoms with Crippen LogP contribution in [0.15, 0.2) is 82.3 Å². The zero-order chi connectivity index (χ0) is 18.4. The van der Waals surface area contributed by atoms with E-state index >= 15 is 0 Å². The van der Waals surface area contributed by atoms with E-state index in [1.165, 1.54) is 11.3 Å². The minimum absolute atomic E-state index is 0.182. The van der Waals surface area contributed by atoms with Crippen LogP contribution in [0.4, 0.5) is 5.69 Å². The molecule has 0 fully saturated rings. The molecule has 130 valence electrons. The van der Waals surface area contributed by atoms with Crippen LogP contribution < -0.4 is 10.6 Å². The third kappa shape index (κ3) is 4.91. The molecule has 0 aliphatic rings. The van der Waals surface area contributed by atoms with E-state index in [0.29, 0.717) is 11.3 Å². The fraction of sp³-hybridized carbons (Fsp3) is 0. The number of amides is 2. The average molecular weight is 427 g/mol. The third-order valence-electron chi connectivity index (χ3n) is 3.44. The predicted molar refractivity (Wildman–Crippen MR) is 109 cm³/mol. The third-order valence-corrected chi connectivity index (χ3v) is 4.75. The van der Waals surface area contributed by atoms with Crippen LogP contribution in [0.1, 0.15) is 15.2 Å². The number of halogens is 1.